The van der Waals surface area contributed by atoms with Gasteiger partial charge < -0.3 is 0 Å². The van der Waals surface area contributed by atoms with E-state index < -0.39 is 7.26 Å². The van der Waals surface area contributed by atoms with Gasteiger partial charge in [0.1, 0.15) is 0 Å². The van der Waals surface area contributed by atoms with E-state index in [4.69, 9.17) is 5.73 Å². The van der Waals surface area contributed by atoms with Crippen LogP contribution < -0.4 is 11.0 Å². The number of hydrogen-bond donors (Lipinski definition) is 1. The predicted octanol–water partition coefficient (Wildman–Crippen LogP) is 2.80. The van der Waals surface area contributed by atoms with Crippen LogP contribution in [-0.2, 0) is 0 Å². The molecule has 1 rings (SSSR count). The molecule has 0 aliphatic carbocycles. The van der Waals surface area contributed by atoms with Gasteiger partial charge in [0.2, 0.25) is 0 Å². The average molecular weight is 225 g/mol. The number of hydrogen-bond acceptors (Lipinski definition) is 1. The van der Waals surface area contributed by atoms with Crippen molar-refractivity contribution in [2.45, 2.75) is 26.7 Å². The second-order valence-electron chi connectivity index (χ2n) is 4.35. The SMILES string of the molecule is CCC[PH](CN)(CCC)c1ccccc1. The van der Waals surface area contributed by atoms with Crippen LogP contribution in [0.4, 0.5) is 0 Å². The molecule has 0 saturated heterocycles. The van der Waals surface area contributed by atoms with Gasteiger partial charge in [-0.3, -0.25) is 0 Å². The Morgan fingerprint density at radius 3 is 1.93 bits per heavy atom. The van der Waals surface area contributed by atoms with Crippen LogP contribution in [0.25, 0.3) is 0 Å². The van der Waals surface area contributed by atoms with Crippen LogP contribution in [-0.4, -0.2) is 18.6 Å². The van der Waals surface area contributed by atoms with Crippen molar-refractivity contribution in [3.05, 3.63) is 30.3 Å². The van der Waals surface area contributed by atoms with Gasteiger partial charge in [0.25, 0.3) is 0 Å². The summed E-state index contributed by atoms with van der Waals surface area (Å²) in [6.45, 7) is 4.55. The zero-order valence-electron chi connectivity index (χ0n) is 10.00. The molecule has 0 amide bonds. The summed E-state index contributed by atoms with van der Waals surface area (Å²) in [5.41, 5.74) is 6.07. The Balaban J connectivity index is 2.97. The van der Waals surface area contributed by atoms with E-state index in [9.17, 15) is 0 Å². The molecule has 0 aliphatic heterocycles. The molecule has 0 unspecified atom stereocenters. The third-order valence-corrected chi connectivity index (χ3v) is 8.49. The molecule has 1 nitrogen and oxygen atoms in total. The van der Waals surface area contributed by atoms with Gasteiger partial charge in [-0.1, -0.05) is 0 Å². The molecule has 0 aromatic heterocycles. The maximum atomic E-state index is 6.07. The number of nitrogens with two attached hydrogens (primary N) is 1. The molecule has 0 saturated carbocycles. The molecule has 0 aliphatic rings. The Morgan fingerprint density at radius 1 is 1.00 bits per heavy atom. The van der Waals surface area contributed by atoms with E-state index in [0.29, 0.717) is 0 Å². The summed E-state index contributed by atoms with van der Waals surface area (Å²) < 4.78 is 0. The van der Waals surface area contributed by atoms with Gasteiger partial charge in [-0.05, 0) is 0 Å². The van der Waals surface area contributed by atoms with E-state index in [0.717, 1.165) is 6.29 Å². The van der Waals surface area contributed by atoms with Gasteiger partial charge in [0, 0.05) is 0 Å². The zero-order valence-corrected chi connectivity index (χ0v) is 11.0. The summed E-state index contributed by atoms with van der Waals surface area (Å²) in [4.78, 5) is 0. The first-order valence-electron chi connectivity index (χ1n) is 6.04. The molecule has 2 N–H and O–H groups in total. The quantitative estimate of drug-likeness (QED) is 0.740. The van der Waals surface area contributed by atoms with Crippen LogP contribution in [0, 0.1) is 0 Å². The molecular weight excluding hydrogens is 201 g/mol. The number of rotatable bonds is 6. The second kappa shape index (κ2) is 6.25. The van der Waals surface area contributed by atoms with Crippen LogP contribution in [0.1, 0.15) is 26.7 Å². The first kappa shape index (κ1) is 12.7. The van der Waals surface area contributed by atoms with Crippen LogP contribution in [0.15, 0.2) is 30.3 Å². The monoisotopic (exact) mass is 225 g/mol. The second-order valence-corrected chi connectivity index (χ2v) is 8.90. The summed E-state index contributed by atoms with van der Waals surface area (Å²) >= 11 is 0. The Bertz CT molecular complexity index is 265. The van der Waals surface area contributed by atoms with Gasteiger partial charge in [-0.2, -0.15) is 0 Å². The average Bonchev–Trinajstić information content (AvgIpc) is 2.30. The third kappa shape index (κ3) is 3.03. The fourth-order valence-electron chi connectivity index (χ4n) is 2.48. The van der Waals surface area contributed by atoms with Crippen molar-refractivity contribution >= 4 is 12.6 Å². The molecule has 0 bridgehead atoms. The van der Waals surface area contributed by atoms with Gasteiger partial charge in [0.05, 0.1) is 0 Å². The van der Waals surface area contributed by atoms with E-state index in [1.807, 2.05) is 0 Å². The maximum absolute atomic E-state index is 6.07. The summed E-state index contributed by atoms with van der Waals surface area (Å²) in [6.07, 6.45) is 6.10. The Morgan fingerprint density at radius 2 is 1.53 bits per heavy atom. The Labute approximate surface area is 94.4 Å². The molecule has 0 heterocycles. The van der Waals surface area contributed by atoms with Crippen molar-refractivity contribution in [3.63, 3.8) is 0 Å². The van der Waals surface area contributed by atoms with Crippen LogP contribution in [0.2, 0.25) is 0 Å². The summed E-state index contributed by atoms with van der Waals surface area (Å²) in [7, 11) is -1.37. The fraction of sp³-hybridized carbons (Fsp3) is 0.538. The molecular formula is C13H24NP. The minimum atomic E-state index is -1.37. The molecule has 0 spiro atoms. The van der Waals surface area contributed by atoms with E-state index in [2.05, 4.69) is 44.2 Å². The van der Waals surface area contributed by atoms with Crippen molar-refractivity contribution in [2.24, 2.45) is 5.73 Å². The van der Waals surface area contributed by atoms with Crippen molar-refractivity contribution in [1.82, 2.24) is 0 Å². The Hall–Kier alpha value is -0.390. The van der Waals surface area contributed by atoms with Crippen molar-refractivity contribution in [3.8, 4) is 0 Å². The van der Waals surface area contributed by atoms with Crippen LogP contribution >= 0.6 is 7.26 Å². The normalized spacial score (nSPS) is 12.7. The molecule has 0 fully saturated rings. The first-order valence-corrected chi connectivity index (χ1v) is 8.67. The van der Waals surface area contributed by atoms with E-state index in [1.165, 1.54) is 25.2 Å². The van der Waals surface area contributed by atoms with E-state index in [-0.39, 0.29) is 0 Å². The third-order valence-electron chi connectivity index (χ3n) is 3.23. The molecule has 0 atom stereocenters. The zero-order chi connectivity index (χ0) is 11.1. The van der Waals surface area contributed by atoms with Gasteiger partial charge in [0.15, 0.2) is 0 Å². The Kier molecular flexibility index (Phi) is 5.28. The molecule has 0 radical (unpaired) electrons. The first-order chi connectivity index (χ1) is 7.29. The van der Waals surface area contributed by atoms with Gasteiger partial charge in [-0.15, -0.1) is 0 Å². The predicted molar refractivity (Wildman–Crippen MR) is 73.8 cm³/mol. The summed E-state index contributed by atoms with van der Waals surface area (Å²) in [5.74, 6) is 0. The minimum absolute atomic E-state index is 0.901. The van der Waals surface area contributed by atoms with Crippen molar-refractivity contribution in [2.75, 3.05) is 18.6 Å². The van der Waals surface area contributed by atoms with Crippen molar-refractivity contribution in [1.29, 1.82) is 0 Å². The molecule has 1 aromatic rings. The van der Waals surface area contributed by atoms with Gasteiger partial charge in [-0.25, -0.2) is 0 Å². The summed E-state index contributed by atoms with van der Waals surface area (Å²) in [5, 5.41) is 1.55. The van der Waals surface area contributed by atoms with Crippen molar-refractivity contribution < 1.29 is 0 Å². The standard InChI is InChI=1S/C13H24NP/c1-3-10-15(12-14,11-4-2)13-8-6-5-7-9-13/h5-9,15H,3-4,10-12,14H2,1-2H3. The molecule has 86 valence electrons. The number of benzene rings is 1. The van der Waals surface area contributed by atoms with E-state index in [1.54, 1.807) is 5.30 Å². The van der Waals surface area contributed by atoms with Gasteiger partial charge >= 0.3 is 93.9 Å². The van der Waals surface area contributed by atoms with Crippen LogP contribution in [0.3, 0.4) is 0 Å². The fourth-order valence-corrected chi connectivity index (χ4v) is 6.77. The summed E-state index contributed by atoms with van der Waals surface area (Å²) in [6, 6.07) is 11.0. The van der Waals surface area contributed by atoms with Crippen LogP contribution in [0.5, 0.6) is 0 Å². The molecule has 2 heteroatoms. The molecule has 15 heavy (non-hydrogen) atoms. The topological polar surface area (TPSA) is 26.0 Å². The van der Waals surface area contributed by atoms with E-state index >= 15 is 0 Å². The molecule has 1 aromatic carbocycles.